The fourth-order valence-corrected chi connectivity index (χ4v) is 13.3. The molecule has 0 aliphatic rings. The summed E-state index contributed by atoms with van der Waals surface area (Å²) in [5, 5.41) is 20.7. The van der Waals surface area contributed by atoms with E-state index in [0.29, 0.717) is 19.3 Å². The Morgan fingerprint density at radius 3 is 0.743 bits per heavy atom. The number of aliphatic hydroxyl groups excluding tert-OH is 2. The van der Waals surface area contributed by atoms with Crippen molar-refractivity contribution in [2.45, 2.75) is 373 Å². The number of hydrogen-bond donors (Lipinski definition) is 4. The van der Waals surface area contributed by atoms with Gasteiger partial charge in [-0.25, -0.2) is 9.13 Å². The molecule has 0 aliphatic heterocycles. The highest BCUT2D eigenvalue weighted by Gasteiger charge is 2.29. The van der Waals surface area contributed by atoms with Gasteiger partial charge in [-0.05, 0) is 154 Å². The summed E-state index contributed by atoms with van der Waals surface area (Å²) in [5.41, 5.74) is 0. The van der Waals surface area contributed by atoms with Crippen LogP contribution in [0.25, 0.3) is 0 Å². The number of phosphoric ester groups is 2. The minimum absolute atomic E-state index is 0.0836. The predicted octanol–water partition coefficient (Wildman–Crippen LogP) is 27.1. The summed E-state index contributed by atoms with van der Waals surface area (Å²) in [7, 11) is -9.82. The Hall–Kier alpha value is -5.09. The maximum atomic E-state index is 13.0. The third-order valence-electron chi connectivity index (χ3n) is 18.4. The zero-order valence-electron chi connectivity index (χ0n) is 71.0. The quantitative estimate of drug-likeness (QED) is 0.0146. The summed E-state index contributed by atoms with van der Waals surface area (Å²) in [5.74, 6) is -1.59. The van der Waals surface area contributed by atoms with E-state index in [4.69, 9.17) is 32.3 Å². The van der Waals surface area contributed by atoms with Crippen molar-refractivity contribution in [3.05, 3.63) is 170 Å². The van der Waals surface area contributed by atoms with Crippen LogP contribution >= 0.6 is 15.6 Å². The first-order valence-electron chi connectivity index (χ1n) is 44.4. The molecule has 0 saturated carbocycles. The number of unbranched alkanes of at least 4 members (excludes halogenated alkanes) is 32. The van der Waals surface area contributed by atoms with Crippen LogP contribution in [0.5, 0.6) is 0 Å². The van der Waals surface area contributed by atoms with E-state index >= 15 is 0 Å². The van der Waals surface area contributed by atoms with Gasteiger partial charge in [0, 0.05) is 19.3 Å². The van der Waals surface area contributed by atoms with E-state index in [1.807, 2.05) is 0 Å². The number of rotatable bonds is 83. The van der Waals surface area contributed by atoms with Crippen LogP contribution in [-0.2, 0) is 55.8 Å². The maximum Gasteiger partial charge on any atom is 0.472 e. The second kappa shape index (κ2) is 86.3. The number of phosphoric acid groups is 2. The Balaban J connectivity index is 4.59. The van der Waals surface area contributed by atoms with Gasteiger partial charge in [-0.1, -0.05) is 351 Å². The minimum atomic E-state index is -4.95. The molecule has 0 saturated heterocycles. The summed E-state index contributed by atoms with van der Waals surface area (Å²) >= 11 is 0. The van der Waals surface area contributed by atoms with Gasteiger partial charge in [-0.2, -0.15) is 0 Å². The Morgan fingerprint density at radius 1 is 0.257 bits per heavy atom. The zero-order chi connectivity index (χ0) is 82.2. The molecular formula is C95H160O16P2. The summed E-state index contributed by atoms with van der Waals surface area (Å²) in [6, 6.07) is 0. The zero-order valence-corrected chi connectivity index (χ0v) is 72.8. The van der Waals surface area contributed by atoms with Crippen LogP contribution < -0.4 is 0 Å². The minimum Gasteiger partial charge on any atom is -0.463 e. The van der Waals surface area contributed by atoms with Crippen LogP contribution in [0.2, 0.25) is 0 Å². The van der Waals surface area contributed by atoms with E-state index in [1.54, 1.807) is 0 Å². The highest BCUT2D eigenvalue weighted by molar-refractivity contribution is 7.47. The molecule has 0 amide bonds. The Morgan fingerprint density at radius 2 is 0.469 bits per heavy atom. The lowest BCUT2D eigenvalue weighted by atomic mass is 10.0. The first kappa shape index (κ1) is 108. The van der Waals surface area contributed by atoms with Gasteiger partial charge in [0.1, 0.15) is 25.4 Å². The van der Waals surface area contributed by atoms with Gasteiger partial charge in [0.05, 0.1) is 26.4 Å². The van der Waals surface area contributed by atoms with Crippen LogP contribution in [0.15, 0.2) is 170 Å². The molecule has 0 aromatic heterocycles. The van der Waals surface area contributed by atoms with E-state index < -0.39 is 91.5 Å². The molecule has 646 valence electrons. The molecule has 113 heavy (non-hydrogen) atoms. The smallest absolute Gasteiger partial charge is 0.463 e. The SMILES string of the molecule is CC/C=C\C/C=C\C/C=C\C/C=C\C/C=C\C/C=C\CCCCCCCCCCCCCCC(=O)OCC(O)COP(=O)(O)OCC(O)COP(=O)(O)OCC(COC(=O)CCCCCCCCCCCCC/C=C\C/C=C\C/C=C\C/C=C\CCCCC)OC(=O)CCCCCCCC/C=C\C/C=C\C/C=C\C/C=C\CC. The lowest BCUT2D eigenvalue weighted by Gasteiger charge is -2.21. The number of carbonyl (C=O) groups excluding carboxylic acids is 3. The molecule has 4 N–H and O–H groups in total. The second-order valence-electron chi connectivity index (χ2n) is 29.3. The lowest BCUT2D eigenvalue weighted by Crippen LogP contribution is -2.30. The molecule has 16 nitrogen and oxygen atoms in total. The summed E-state index contributed by atoms with van der Waals surface area (Å²) in [4.78, 5) is 58.9. The molecule has 0 fully saturated rings. The van der Waals surface area contributed by atoms with Crippen molar-refractivity contribution in [3.8, 4) is 0 Å². The van der Waals surface area contributed by atoms with Crippen molar-refractivity contribution < 1.29 is 75.8 Å². The summed E-state index contributed by atoms with van der Waals surface area (Å²) in [6.07, 6.45) is 111. The van der Waals surface area contributed by atoms with Gasteiger partial charge in [-0.3, -0.25) is 32.5 Å². The van der Waals surface area contributed by atoms with Crippen LogP contribution in [-0.4, -0.2) is 95.9 Å². The molecule has 0 aliphatic carbocycles. The molecule has 0 radical (unpaired) electrons. The first-order valence-corrected chi connectivity index (χ1v) is 47.4. The van der Waals surface area contributed by atoms with Gasteiger partial charge in [-0.15, -0.1) is 0 Å². The van der Waals surface area contributed by atoms with Crippen molar-refractivity contribution in [2.24, 2.45) is 0 Å². The topological polar surface area (TPSA) is 231 Å². The molecule has 5 unspecified atom stereocenters. The fraction of sp³-hybridized carbons (Fsp3) is 0.674. The average molecular weight is 1620 g/mol. The summed E-state index contributed by atoms with van der Waals surface area (Å²) in [6.45, 7) is 2.43. The van der Waals surface area contributed by atoms with Crippen molar-refractivity contribution in [1.29, 1.82) is 0 Å². The fourth-order valence-electron chi connectivity index (χ4n) is 11.7. The normalized spacial score (nSPS) is 14.6. The van der Waals surface area contributed by atoms with Crippen molar-refractivity contribution in [2.75, 3.05) is 39.6 Å². The Labute approximate surface area is 688 Å². The number of hydrogen-bond acceptors (Lipinski definition) is 14. The molecule has 0 bridgehead atoms. The van der Waals surface area contributed by atoms with Crippen LogP contribution in [0.4, 0.5) is 0 Å². The summed E-state index contributed by atoms with van der Waals surface area (Å²) < 4.78 is 61.4. The van der Waals surface area contributed by atoms with E-state index in [-0.39, 0.29) is 19.3 Å². The third-order valence-corrected chi connectivity index (χ3v) is 20.3. The molecule has 18 heteroatoms. The maximum absolute atomic E-state index is 13.0. The first-order chi connectivity index (χ1) is 55.2. The Kier molecular flexibility index (Phi) is 82.4. The highest BCUT2D eigenvalue weighted by atomic mass is 31.2. The van der Waals surface area contributed by atoms with Crippen LogP contribution in [0.1, 0.15) is 355 Å². The number of aliphatic hydroxyl groups is 2. The van der Waals surface area contributed by atoms with E-state index in [1.165, 1.54) is 116 Å². The molecular weight excluding hydrogens is 1460 g/mol. The molecule has 5 atom stereocenters. The van der Waals surface area contributed by atoms with Gasteiger partial charge in [0.2, 0.25) is 0 Å². The number of carbonyl (C=O) groups is 3. The highest BCUT2D eigenvalue weighted by Crippen LogP contribution is 2.45. The standard InChI is InChI=1S/C95H160O16P2/c1-4-7-10-13-16-19-22-25-28-31-34-36-38-40-42-43-44-45-47-49-50-52-55-57-60-63-66-69-72-75-78-81-93(98)105-84-90(96)85-107-112(101,102)108-86-91(97)87-109-113(103,104)110-89-92(111-95(100)83-80-77-74-71-68-65-62-59-54-33-30-27-24-21-18-15-12-9-6-3)88-106-94(99)82-79-76-73-70-67-64-61-58-56-53-51-48-46-41-39-37-35-32-29-26-23-20-17-14-11-8-5-2/h7,9-10,12,16-21,25-30,34-37,40-42,44-46,54,59,90-92,96-97H,4-6,8,11,13-15,22-24,31-33,38-39,43,47-53,55-58,60-89H2,1-3H3,(H,101,102)(H,103,104)/b10-7-,12-9-,19-16-,20-17-,21-18-,28-25-,29-26-,30-27-,36-34-,37-35-,42-40-,45-44-,46-41-,59-54-. The van der Waals surface area contributed by atoms with Gasteiger partial charge in [0.25, 0.3) is 0 Å². The van der Waals surface area contributed by atoms with E-state index in [9.17, 15) is 43.5 Å². The number of ether oxygens (including phenoxy) is 3. The van der Waals surface area contributed by atoms with E-state index in [2.05, 4.69) is 191 Å². The van der Waals surface area contributed by atoms with Crippen molar-refractivity contribution in [1.82, 2.24) is 0 Å². The molecule has 0 heterocycles. The number of allylic oxidation sites excluding steroid dienone is 28. The average Bonchev–Trinajstić information content (AvgIpc) is 0.899. The van der Waals surface area contributed by atoms with Gasteiger partial charge >= 0.3 is 33.6 Å². The molecule has 0 aromatic rings. The van der Waals surface area contributed by atoms with Gasteiger partial charge < -0.3 is 34.2 Å². The van der Waals surface area contributed by atoms with Gasteiger partial charge in [0.15, 0.2) is 6.10 Å². The van der Waals surface area contributed by atoms with Crippen molar-refractivity contribution in [3.63, 3.8) is 0 Å². The number of esters is 3. The lowest BCUT2D eigenvalue weighted by molar-refractivity contribution is -0.161. The van der Waals surface area contributed by atoms with Crippen LogP contribution in [0, 0.1) is 0 Å². The molecule has 0 spiro atoms. The van der Waals surface area contributed by atoms with Crippen LogP contribution in [0.3, 0.4) is 0 Å². The monoisotopic (exact) mass is 1620 g/mol. The third kappa shape index (κ3) is 87.6. The second-order valence-corrected chi connectivity index (χ2v) is 32.2. The Bertz CT molecular complexity index is 2730. The molecule has 0 rings (SSSR count). The largest absolute Gasteiger partial charge is 0.472 e. The van der Waals surface area contributed by atoms with Crippen molar-refractivity contribution >= 4 is 33.6 Å². The van der Waals surface area contributed by atoms with E-state index in [0.717, 1.165) is 180 Å². The molecule has 0 aromatic carbocycles. The predicted molar refractivity (Wildman–Crippen MR) is 472 cm³/mol.